The van der Waals surface area contributed by atoms with Crippen molar-refractivity contribution in [2.45, 2.75) is 13.1 Å². The van der Waals surface area contributed by atoms with Crippen LogP contribution in [0, 0.1) is 0 Å². The summed E-state index contributed by atoms with van der Waals surface area (Å²) >= 11 is 8.63. The molecule has 0 amide bonds. The highest BCUT2D eigenvalue weighted by Crippen LogP contribution is 2.22. The molecule has 1 N–H and O–H groups in total. The van der Waals surface area contributed by atoms with Crippen LogP contribution in [0.1, 0.15) is 10.6 Å². The number of aromatic nitrogens is 1. The fourth-order valence-corrected chi connectivity index (χ4v) is 2.96. The fraction of sp³-hybridized carbons (Fsp3) is 0.182. The average Bonchev–Trinajstić information content (AvgIpc) is 2.68. The molecule has 2 aromatic rings. The van der Waals surface area contributed by atoms with Gasteiger partial charge in [-0.3, -0.25) is 4.98 Å². The van der Waals surface area contributed by atoms with E-state index >= 15 is 0 Å². The smallest absolute Gasteiger partial charge is 0.0542 e. The SMILES string of the molecule is Brc1ccc(CNCc2sccc2Br)nc1. The number of nitrogens with zero attached hydrogens (tertiary/aromatic N) is 1. The predicted molar refractivity (Wildman–Crippen MR) is 74.5 cm³/mol. The average molecular weight is 362 g/mol. The van der Waals surface area contributed by atoms with Gasteiger partial charge in [0.25, 0.3) is 0 Å². The first-order valence-electron chi connectivity index (χ1n) is 4.79. The van der Waals surface area contributed by atoms with Gasteiger partial charge in [0.1, 0.15) is 0 Å². The summed E-state index contributed by atoms with van der Waals surface area (Å²) in [5.41, 5.74) is 1.05. The van der Waals surface area contributed by atoms with Gasteiger partial charge < -0.3 is 5.32 Å². The summed E-state index contributed by atoms with van der Waals surface area (Å²) in [7, 11) is 0. The number of thiophene rings is 1. The largest absolute Gasteiger partial charge is 0.306 e. The molecule has 2 aromatic heterocycles. The van der Waals surface area contributed by atoms with Crippen molar-refractivity contribution >= 4 is 43.2 Å². The van der Waals surface area contributed by atoms with Crippen molar-refractivity contribution in [2.75, 3.05) is 0 Å². The number of hydrogen-bond acceptors (Lipinski definition) is 3. The Bertz CT molecular complexity index is 453. The zero-order valence-electron chi connectivity index (χ0n) is 8.41. The van der Waals surface area contributed by atoms with Crippen LogP contribution in [0.3, 0.4) is 0 Å². The highest BCUT2D eigenvalue weighted by Gasteiger charge is 2.00. The van der Waals surface area contributed by atoms with Gasteiger partial charge in [-0.1, -0.05) is 0 Å². The predicted octanol–water partition coefficient (Wildman–Crippen LogP) is 3.96. The molecule has 2 heterocycles. The van der Waals surface area contributed by atoms with E-state index in [0.717, 1.165) is 23.3 Å². The molecule has 0 saturated carbocycles. The molecule has 5 heteroatoms. The van der Waals surface area contributed by atoms with E-state index in [0.29, 0.717) is 0 Å². The van der Waals surface area contributed by atoms with Gasteiger partial charge in [-0.25, -0.2) is 0 Å². The lowest BCUT2D eigenvalue weighted by Gasteiger charge is -2.03. The van der Waals surface area contributed by atoms with Gasteiger partial charge in [0.05, 0.1) is 5.69 Å². The highest BCUT2D eigenvalue weighted by molar-refractivity contribution is 9.10. The zero-order chi connectivity index (χ0) is 11.4. The van der Waals surface area contributed by atoms with Crippen LogP contribution < -0.4 is 5.32 Å². The maximum Gasteiger partial charge on any atom is 0.0542 e. The summed E-state index contributed by atoms with van der Waals surface area (Å²) in [4.78, 5) is 5.62. The quantitative estimate of drug-likeness (QED) is 0.891. The number of hydrogen-bond donors (Lipinski definition) is 1. The molecule has 84 valence electrons. The van der Waals surface area contributed by atoms with Gasteiger partial charge in [-0.05, 0) is 55.4 Å². The van der Waals surface area contributed by atoms with Gasteiger partial charge in [0, 0.05) is 33.1 Å². The Morgan fingerprint density at radius 1 is 1.19 bits per heavy atom. The molecule has 0 fully saturated rings. The van der Waals surface area contributed by atoms with E-state index in [2.05, 4.69) is 53.6 Å². The Kier molecular flexibility index (Phi) is 4.52. The van der Waals surface area contributed by atoms with Crippen LogP contribution in [0.5, 0.6) is 0 Å². The minimum atomic E-state index is 0.789. The van der Waals surface area contributed by atoms with Gasteiger partial charge >= 0.3 is 0 Å². The van der Waals surface area contributed by atoms with Crippen LogP contribution in [-0.4, -0.2) is 4.98 Å². The molecule has 0 radical (unpaired) electrons. The van der Waals surface area contributed by atoms with E-state index in [1.54, 1.807) is 11.3 Å². The summed E-state index contributed by atoms with van der Waals surface area (Å²) in [5, 5.41) is 5.45. The second-order valence-electron chi connectivity index (χ2n) is 3.26. The number of rotatable bonds is 4. The minimum absolute atomic E-state index is 0.789. The highest BCUT2D eigenvalue weighted by atomic mass is 79.9. The molecule has 0 aromatic carbocycles. The third kappa shape index (κ3) is 3.38. The van der Waals surface area contributed by atoms with Crippen molar-refractivity contribution in [2.24, 2.45) is 0 Å². The van der Waals surface area contributed by atoms with Crippen LogP contribution in [0.2, 0.25) is 0 Å². The Morgan fingerprint density at radius 3 is 2.69 bits per heavy atom. The third-order valence-electron chi connectivity index (χ3n) is 2.07. The van der Waals surface area contributed by atoms with Gasteiger partial charge in [0.2, 0.25) is 0 Å². The molecule has 2 rings (SSSR count). The number of pyridine rings is 1. The van der Waals surface area contributed by atoms with Crippen LogP contribution in [0.25, 0.3) is 0 Å². The topological polar surface area (TPSA) is 24.9 Å². The maximum atomic E-state index is 4.30. The second kappa shape index (κ2) is 5.91. The van der Waals surface area contributed by atoms with Crippen LogP contribution in [0.15, 0.2) is 38.7 Å². The number of nitrogens with one attached hydrogen (secondary N) is 1. The first kappa shape index (κ1) is 12.2. The van der Waals surface area contributed by atoms with E-state index in [-0.39, 0.29) is 0 Å². The third-order valence-corrected chi connectivity index (χ3v) is 4.47. The molecule has 0 spiro atoms. The Morgan fingerprint density at radius 2 is 2.06 bits per heavy atom. The lowest BCUT2D eigenvalue weighted by molar-refractivity contribution is 0.685. The van der Waals surface area contributed by atoms with Crippen molar-refractivity contribution in [3.63, 3.8) is 0 Å². The van der Waals surface area contributed by atoms with E-state index in [1.165, 1.54) is 9.35 Å². The first-order chi connectivity index (χ1) is 7.75. The summed E-state index contributed by atoms with van der Waals surface area (Å²) in [6.45, 7) is 1.66. The summed E-state index contributed by atoms with van der Waals surface area (Å²) in [5.74, 6) is 0. The van der Waals surface area contributed by atoms with E-state index in [4.69, 9.17) is 0 Å². The molecule has 2 nitrogen and oxygen atoms in total. The van der Waals surface area contributed by atoms with E-state index in [9.17, 15) is 0 Å². The molecule has 0 aliphatic heterocycles. The van der Waals surface area contributed by atoms with Crippen molar-refractivity contribution in [3.8, 4) is 0 Å². The Labute approximate surface area is 115 Å². The van der Waals surface area contributed by atoms with Crippen molar-refractivity contribution in [1.29, 1.82) is 0 Å². The minimum Gasteiger partial charge on any atom is -0.306 e. The molecule has 16 heavy (non-hydrogen) atoms. The van der Waals surface area contributed by atoms with Gasteiger partial charge in [0.15, 0.2) is 0 Å². The van der Waals surface area contributed by atoms with Crippen LogP contribution in [0.4, 0.5) is 0 Å². The van der Waals surface area contributed by atoms with Crippen LogP contribution >= 0.6 is 43.2 Å². The van der Waals surface area contributed by atoms with E-state index in [1.807, 2.05) is 18.3 Å². The van der Waals surface area contributed by atoms with Crippen molar-refractivity contribution in [3.05, 3.63) is 49.3 Å². The molecule has 0 aliphatic rings. The monoisotopic (exact) mass is 360 g/mol. The molecule has 0 atom stereocenters. The zero-order valence-corrected chi connectivity index (χ0v) is 12.4. The molecule has 0 aliphatic carbocycles. The standard InChI is InChI=1S/C11H10Br2N2S/c12-8-1-2-9(15-5-8)6-14-7-11-10(13)3-4-16-11/h1-5,14H,6-7H2. The Balaban J connectivity index is 1.84. The van der Waals surface area contributed by atoms with Crippen molar-refractivity contribution < 1.29 is 0 Å². The molecule has 0 bridgehead atoms. The molecule has 0 saturated heterocycles. The normalized spacial score (nSPS) is 10.6. The summed E-state index contributed by atoms with van der Waals surface area (Å²) < 4.78 is 2.19. The first-order valence-corrected chi connectivity index (χ1v) is 7.25. The van der Waals surface area contributed by atoms with E-state index < -0.39 is 0 Å². The molecular weight excluding hydrogens is 352 g/mol. The summed E-state index contributed by atoms with van der Waals surface area (Å²) in [6.07, 6.45) is 1.82. The molecular formula is C11H10Br2N2S. The van der Waals surface area contributed by atoms with Gasteiger partial charge in [-0.15, -0.1) is 11.3 Å². The lowest BCUT2D eigenvalue weighted by atomic mass is 10.3. The summed E-state index contributed by atoms with van der Waals surface area (Å²) in [6, 6.07) is 6.09. The number of halogens is 2. The van der Waals surface area contributed by atoms with Gasteiger partial charge in [-0.2, -0.15) is 0 Å². The Hall–Kier alpha value is -0.230. The lowest BCUT2D eigenvalue weighted by Crippen LogP contribution is -2.12. The van der Waals surface area contributed by atoms with Crippen LogP contribution in [-0.2, 0) is 13.1 Å². The maximum absolute atomic E-state index is 4.30. The van der Waals surface area contributed by atoms with Crippen molar-refractivity contribution in [1.82, 2.24) is 10.3 Å². The fourth-order valence-electron chi connectivity index (χ4n) is 1.27. The second-order valence-corrected chi connectivity index (χ2v) is 6.03. The molecule has 0 unspecified atom stereocenters.